The number of thioether (sulfide) groups is 1. The molecule has 0 aliphatic carbocycles. The maximum absolute atomic E-state index is 12.5. The molecule has 1 aromatic heterocycles. The van der Waals surface area contributed by atoms with E-state index in [1.807, 2.05) is 28.8 Å². The zero-order chi connectivity index (χ0) is 14.4. The second-order valence-electron chi connectivity index (χ2n) is 5.01. The summed E-state index contributed by atoms with van der Waals surface area (Å²) in [5.74, 6) is 1.08. The lowest BCUT2D eigenvalue weighted by Gasteiger charge is -2.31. The normalized spacial score (nSPS) is 18.9. The average Bonchev–Trinajstić information content (AvgIpc) is 2.52. The average molecular weight is 293 g/mol. The third-order valence-corrected chi connectivity index (χ3v) is 4.81. The molecule has 1 saturated heterocycles. The van der Waals surface area contributed by atoms with Crippen LogP contribution in [0.15, 0.2) is 18.3 Å². The van der Waals surface area contributed by atoms with Crippen molar-refractivity contribution in [2.24, 2.45) is 0 Å². The van der Waals surface area contributed by atoms with Crippen molar-refractivity contribution in [1.82, 2.24) is 9.88 Å². The Morgan fingerprint density at radius 2 is 2.40 bits per heavy atom. The zero-order valence-corrected chi connectivity index (χ0v) is 13.1. The topological polar surface area (TPSA) is 45.2 Å². The summed E-state index contributed by atoms with van der Waals surface area (Å²) < 4.78 is 0. The van der Waals surface area contributed by atoms with E-state index in [1.54, 1.807) is 6.20 Å². The smallest absolute Gasteiger partial charge is 0.272 e. The highest BCUT2D eigenvalue weighted by Crippen LogP contribution is 2.22. The maximum atomic E-state index is 12.5. The van der Waals surface area contributed by atoms with E-state index >= 15 is 0 Å². The van der Waals surface area contributed by atoms with Crippen LogP contribution >= 0.6 is 11.8 Å². The second kappa shape index (κ2) is 7.53. The summed E-state index contributed by atoms with van der Waals surface area (Å²) in [6.45, 7) is 6.88. The van der Waals surface area contributed by atoms with Crippen LogP contribution in [0, 0.1) is 0 Å². The SMILES string of the molecule is CCCNc1ccnc(C(=O)N2CCSC(CC)C2)c1. The minimum absolute atomic E-state index is 0.0592. The van der Waals surface area contributed by atoms with Crippen LogP contribution in [0.1, 0.15) is 37.2 Å². The molecule has 1 unspecified atom stereocenters. The number of anilines is 1. The van der Waals surface area contributed by atoms with Crippen molar-refractivity contribution in [3.8, 4) is 0 Å². The molecule has 1 fully saturated rings. The summed E-state index contributed by atoms with van der Waals surface area (Å²) in [6, 6.07) is 3.77. The fourth-order valence-corrected chi connectivity index (χ4v) is 3.42. The van der Waals surface area contributed by atoms with Gasteiger partial charge < -0.3 is 10.2 Å². The van der Waals surface area contributed by atoms with Gasteiger partial charge in [0.25, 0.3) is 5.91 Å². The highest BCUT2D eigenvalue weighted by Gasteiger charge is 2.24. The minimum Gasteiger partial charge on any atom is -0.385 e. The predicted molar refractivity (Wildman–Crippen MR) is 85.5 cm³/mol. The van der Waals surface area contributed by atoms with Crippen molar-refractivity contribution >= 4 is 23.4 Å². The van der Waals surface area contributed by atoms with Gasteiger partial charge in [0.05, 0.1) is 0 Å². The van der Waals surface area contributed by atoms with Gasteiger partial charge in [-0.3, -0.25) is 9.78 Å². The quantitative estimate of drug-likeness (QED) is 0.906. The number of hydrogen-bond acceptors (Lipinski definition) is 4. The molecular weight excluding hydrogens is 270 g/mol. The predicted octanol–water partition coefficient (Wildman–Crippen LogP) is 2.87. The molecule has 2 rings (SSSR count). The van der Waals surface area contributed by atoms with E-state index in [9.17, 15) is 4.79 Å². The third kappa shape index (κ3) is 3.88. The van der Waals surface area contributed by atoms with Crippen molar-refractivity contribution < 1.29 is 4.79 Å². The molecule has 1 aromatic rings. The molecule has 20 heavy (non-hydrogen) atoms. The highest BCUT2D eigenvalue weighted by molar-refractivity contribution is 8.00. The number of rotatable bonds is 5. The number of amides is 1. The van der Waals surface area contributed by atoms with E-state index < -0.39 is 0 Å². The number of aromatic nitrogens is 1. The van der Waals surface area contributed by atoms with Crippen LogP contribution in [0.3, 0.4) is 0 Å². The number of nitrogens with one attached hydrogen (secondary N) is 1. The maximum Gasteiger partial charge on any atom is 0.272 e. The molecule has 4 nitrogen and oxygen atoms in total. The molecule has 0 spiro atoms. The molecule has 1 N–H and O–H groups in total. The largest absolute Gasteiger partial charge is 0.385 e. The molecule has 0 radical (unpaired) electrons. The molecule has 1 aliphatic rings. The van der Waals surface area contributed by atoms with E-state index in [4.69, 9.17) is 0 Å². The standard InChI is InChI=1S/C15H23N3OS/c1-3-6-16-12-5-7-17-14(10-12)15(19)18-8-9-20-13(4-2)11-18/h5,7,10,13H,3-4,6,8-9,11H2,1-2H3,(H,16,17). The van der Waals surface area contributed by atoms with E-state index in [0.29, 0.717) is 10.9 Å². The van der Waals surface area contributed by atoms with Gasteiger partial charge in [-0.2, -0.15) is 11.8 Å². The summed E-state index contributed by atoms with van der Waals surface area (Å²) >= 11 is 1.97. The third-order valence-electron chi connectivity index (χ3n) is 3.44. The van der Waals surface area contributed by atoms with Gasteiger partial charge in [0.2, 0.25) is 0 Å². The van der Waals surface area contributed by atoms with Gasteiger partial charge in [-0.15, -0.1) is 0 Å². The first-order valence-corrected chi connectivity index (χ1v) is 8.40. The van der Waals surface area contributed by atoms with Gasteiger partial charge >= 0.3 is 0 Å². The summed E-state index contributed by atoms with van der Waals surface area (Å²) in [4.78, 5) is 18.7. The molecule has 0 bridgehead atoms. The number of hydrogen-bond donors (Lipinski definition) is 1. The zero-order valence-electron chi connectivity index (χ0n) is 12.3. The Morgan fingerprint density at radius 3 is 3.15 bits per heavy atom. The van der Waals surface area contributed by atoms with Gasteiger partial charge in [0, 0.05) is 42.5 Å². The molecule has 0 saturated carbocycles. The van der Waals surface area contributed by atoms with Gasteiger partial charge in [-0.25, -0.2) is 0 Å². The van der Waals surface area contributed by atoms with Gasteiger partial charge in [-0.1, -0.05) is 13.8 Å². The monoisotopic (exact) mass is 293 g/mol. The molecule has 110 valence electrons. The Balaban J connectivity index is 2.04. The van der Waals surface area contributed by atoms with Crippen LogP contribution in [0.4, 0.5) is 5.69 Å². The fourth-order valence-electron chi connectivity index (χ4n) is 2.24. The summed E-state index contributed by atoms with van der Waals surface area (Å²) in [7, 11) is 0. The van der Waals surface area contributed by atoms with E-state index in [2.05, 4.69) is 24.1 Å². The van der Waals surface area contributed by atoms with Gasteiger partial charge in [-0.05, 0) is 25.0 Å². The Hall–Kier alpha value is -1.23. The van der Waals surface area contributed by atoms with E-state index in [1.165, 1.54) is 0 Å². The number of pyridine rings is 1. The van der Waals surface area contributed by atoms with Crippen LogP contribution in [0.2, 0.25) is 0 Å². The molecule has 0 aromatic carbocycles. The van der Waals surface area contributed by atoms with Crippen molar-refractivity contribution in [2.75, 3.05) is 30.7 Å². The molecule has 1 amide bonds. The van der Waals surface area contributed by atoms with Crippen LogP contribution in [0.25, 0.3) is 0 Å². The Kier molecular flexibility index (Phi) is 5.71. The van der Waals surface area contributed by atoms with E-state index in [0.717, 1.165) is 43.9 Å². The lowest BCUT2D eigenvalue weighted by atomic mass is 10.2. The Bertz CT molecular complexity index is 452. The molecule has 2 heterocycles. The molecular formula is C15H23N3OS. The van der Waals surface area contributed by atoms with Crippen molar-refractivity contribution in [3.05, 3.63) is 24.0 Å². The molecule has 1 aliphatic heterocycles. The molecule has 1 atom stereocenters. The molecule has 5 heteroatoms. The lowest BCUT2D eigenvalue weighted by Crippen LogP contribution is -2.42. The fraction of sp³-hybridized carbons (Fsp3) is 0.600. The number of nitrogens with zero attached hydrogens (tertiary/aromatic N) is 2. The van der Waals surface area contributed by atoms with Crippen molar-refractivity contribution in [1.29, 1.82) is 0 Å². The first-order chi connectivity index (χ1) is 9.74. The van der Waals surface area contributed by atoms with Crippen LogP contribution < -0.4 is 5.32 Å². The summed E-state index contributed by atoms with van der Waals surface area (Å²) in [5.41, 5.74) is 1.52. The Labute approximate surface area is 125 Å². The summed E-state index contributed by atoms with van der Waals surface area (Å²) in [6.07, 6.45) is 3.88. The van der Waals surface area contributed by atoms with Crippen molar-refractivity contribution in [2.45, 2.75) is 31.9 Å². The summed E-state index contributed by atoms with van der Waals surface area (Å²) in [5, 5.41) is 3.86. The highest BCUT2D eigenvalue weighted by atomic mass is 32.2. The minimum atomic E-state index is 0.0592. The number of carbonyl (C=O) groups excluding carboxylic acids is 1. The van der Waals surface area contributed by atoms with Gasteiger partial charge in [0.1, 0.15) is 5.69 Å². The lowest BCUT2D eigenvalue weighted by molar-refractivity contribution is 0.0755. The van der Waals surface area contributed by atoms with E-state index in [-0.39, 0.29) is 5.91 Å². The Morgan fingerprint density at radius 1 is 1.55 bits per heavy atom. The first-order valence-electron chi connectivity index (χ1n) is 7.35. The first kappa shape index (κ1) is 15.2. The second-order valence-corrected chi connectivity index (χ2v) is 6.42. The number of carbonyl (C=O) groups is 1. The van der Waals surface area contributed by atoms with Crippen LogP contribution in [0.5, 0.6) is 0 Å². The van der Waals surface area contributed by atoms with Crippen molar-refractivity contribution in [3.63, 3.8) is 0 Å². The van der Waals surface area contributed by atoms with Gasteiger partial charge in [0.15, 0.2) is 0 Å². The van der Waals surface area contributed by atoms with Crippen LogP contribution in [-0.2, 0) is 0 Å². The van der Waals surface area contributed by atoms with Crippen LogP contribution in [-0.4, -0.2) is 46.4 Å².